The summed E-state index contributed by atoms with van der Waals surface area (Å²) in [4.78, 5) is -0.760. The molecule has 5 heteroatoms. The number of sulfone groups is 1. The molecular formula is C20H22ClNO2S. The Kier molecular flexibility index (Phi) is 3.36. The van der Waals surface area contributed by atoms with Crippen LogP contribution in [0.25, 0.3) is 10.8 Å². The third kappa shape index (κ3) is 2.11. The van der Waals surface area contributed by atoms with E-state index in [1.807, 2.05) is 24.3 Å². The van der Waals surface area contributed by atoms with Crippen molar-refractivity contribution in [1.29, 1.82) is 0 Å². The Morgan fingerprint density at radius 1 is 0.960 bits per heavy atom. The molecule has 0 spiro atoms. The molecule has 0 heterocycles. The van der Waals surface area contributed by atoms with Crippen molar-refractivity contribution in [3.8, 4) is 0 Å². The molecule has 4 saturated carbocycles. The number of hydrogen-bond acceptors (Lipinski definition) is 3. The summed E-state index contributed by atoms with van der Waals surface area (Å²) in [6.45, 7) is 0. The average Bonchev–Trinajstić information content (AvgIpc) is 2.58. The first kappa shape index (κ1) is 16.1. The van der Waals surface area contributed by atoms with Crippen molar-refractivity contribution in [3.05, 3.63) is 41.4 Å². The van der Waals surface area contributed by atoms with Gasteiger partial charge in [-0.05, 0) is 79.4 Å². The first-order chi connectivity index (χ1) is 11.9. The van der Waals surface area contributed by atoms with E-state index >= 15 is 0 Å². The number of fused-ring (bicyclic) bond motifs is 1. The molecular weight excluding hydrogens is 354 g/mol. The second-order valence-corrected chi connectivity index (χ2v) is 10.9. The monoisotopic (exact) mass is 375 g/mol. The van der Waals surface area contributed by atoms with E-state index < -0.39 is 14.7 Å². The summed E-state index contributed by atoms with van der Waals surface area (Å²) in [5.74, 6) is 1.57. The minimum Gasteiger partial charge on any atom is -0.312 e. The maximum Gasteiger partial charge on any atom is 0.197 e. The fraction of sp³-hybridized carbons (Fsp3) is 0.500. The molecule has 0 unspecified atom stereocenters. The SMILES string of the molecule is NC1(S(=O)(=O)c2ccc3c(Cl)cccc3c2)C2CC3CC(C2)CC1C3. The van der Waals surface area contributed by atoms with Crippen LogP contribution in [0.1, 0.15) is 32.1 Å². The lowest BCUT2D eigenvalue weighted by molar-refractivity contribution is -0.0184. The van der Waals surface area contributed by atoms with Crippen LogP contribution in [-0.2, 0) is 9.84 Å². The molecule has 6 rings (SSSR count). The molecule has 3 nitrogen and oxygen atoms in total. The van der Waals surface area contributed by atoms with Gasteiger partial charge in [0, 0.05) is 10.4 Å². The number of benzene rings is 2. The van der Waals surface area contributed by atoms with Crippen molar-refractivity contribution in [2.45, 2.75) is 41.9 Å². The van der Waals surface area contributed by atoms with Gasteiger partial charge in [0.15, 0.2) is 9.84 Å². The second kappa shape index (κ2) is 5.21. The van der Waals surface area contributed by atoms with E-state index in [2.05, 4.69) is 0 Å². The van der Waals surface area contributed by atoms with Gasteiger partial charge in [-0.2, -0.15) is 0 Å². The van der Waals surface area contributed by atoms with E-state index in [-0.39, 0.29) is 11.8 Å². The lowest BCUT2D eigenvalue weighted by atomic mass is 9.54. The van der Waals surface area contributed by atoms with Crippen molar-refractivity contribution < 1.29 is 8.42 Å². The molecule has 0 aromatic heterocycles. The van der Waals surface area contributed by atoms with Crippen LogP contribution in [-0.4, -0.2) is 13.3 Å². The van der Waals surface area contributed by atoms with Crippen molar-refractivity contribution in [3.63, 3.8) is 0 Å². The summed E-state index contributed by atoms with van der Waals surface area (Å²) in [7, 11) is -3.59. The highest BCUT2D eigenvalue weighted by Gasteiger charge is 2.61. The zero-order valence-corrected chi connectivity index (χ0v) is 15.6. The van der Waals surface area contributed by atoms with Crippen molar-refractivity contribution >= 4 is 32.2 Å². The van der Waals surface area contributed by atoms with Gasteiger partial charge in [0.05, 0.1) is 4.90 Å². The standard InChI is InChI=1S/C20H22ClNO2S/c21-19-3-1-2-14-11-17(4-5-18(14)19)25(23,24)20(22)15-7-12-6-13(9-15)10-16(20)8-12/h1-5,11-13,15-16H,6-10,22H2. The van der Waals surface area contributed by atoms with Gasteiger partial charge in [-0.1, -0.05) is 29.8 Å². The lowest BCUT2D eigenvalue weighted by Crippen LogP contribution is -2.66. The molecule has 132 valence electrons. The maximum atomic E-state index is 13.6. The van der Waals surface area contributed by atoms with E-state index in [1.165, 1.54) is 6.42 Å². The first-order valence-electron chi connectivity index (χ1n) is 9.11. The minimum atomic E-state index is -3.59. The zero-order valence-electron chi connectivity index (χ0n) is 14.0. The van der Waals surface area contributed by atoms with Gasteiger partial charge in [0.1, 0.15) is 4.87 Å². The van der Waals surface area contributed by atoms with E-state index in [4.69, 9.17) is 17.3 Å². The Labute approximate surface area is 153 Å². The molecule has 25 heavy (non-hydrogen) atoms. The van der Waals surface area contributed by atoms with Crippen LogP contribution in [0.2, 0.25) is 5.02 Å². The highest BCUT2D eigenvalue weighted by Crippen LogP contribution is 2.59. The van der Waals surface area contributed by atoms with Crippen LogP contribution in [0, 0.1) is 23.7 Å². The van der Waals surface area contributed by atoms with Gasteiger partial charge in [-0.3, -0.25) is 0 Å². The molecule has 2 N–H and O–H groups in total. The van der Waals surface area contributed by atoms with Crippen LogP contribution in [0.4, 0.5) is 0 Å². The third-order valence-corrected chi connectivity index (χ3v) is 9.79. The summed E-state index contributed by atoms with van der Waals surface area (Å²) in [5.41, 5.74) is 6.76. The molecule has 2 aromatic rings. The van der Waals surface area contributed by atoms with Gasteiger partial charge in [-0.25, -0.2) is 8.42 Å². The van der Waals surface area contributed by atoms with E-state index in [9.17, 15) is 8.42 Å². The fourth-order valence-electron chi connectivity index (χ4n) is 5.95. The quantitative estimate of drug-likeness (QED) is 0.847. The molecule has 4 fully saturated rings. The predicted molar refractivity (Wildman–Crippen MR) is 100 cm³/mol. The second-order valence-electron chi connectivity index (χ2n) is 8.28. The molecule has 0 radical (unpaired) electrons. The van der Waals surface area contributed by atoms with Crippen molar-refractivity contribution in [1.82, 2.24) is 0 Å². The van der Waals surface area contributed by atoms with E-state index in [0.29, 0.717) is 21.8 Å². The van der Waals surface area contributed by atoms with Gasteiger partial charge >= 0.3 is 0 Å². The van der Waals surface area contributed by atoms with Crippen LogP contribution in [0.5, 0.6) is 0 Å². The summed E-state index contributed by atoms with van der Waals surface area (Å²) in [5, 5.41) is 2.36. The largest absolute Gasteiger partial charge is 0.312 e. The maximum absolute atomic E-state index is 13.6. The Balaban J connectivity index is 1.63. The van der Waals surface area contributed by atoms with Gasteiger partial charge in [0.2, 0.25) is 0 Å². The Morgan fingerprint density at radius 2 is 1.60 bits per heavy atom. The van der Waals surface area contributed by atoms with Crippen molar-refractivity contribution in [2.75, 3.05) is 0 Å². The molecule has 2 aromatic carbocycles. The van der Waals surface area contributed by atoms with Crippen LogP contribution >= 0.6 is 11.6 Å². The fourth-order valence-corrected chi connectivity index (χ4v) is 8.40. The Hall–Kier alpha value is -1.10. The minimum absolute atomic E-state index is 0.101. The highest BCUT2D eigenvalue weighted by molar-refractivity contribution is 7.92. The summed E-state index contributed by atoms with van der Waals surface area (Å²) in [6, 6.07) is 10.8. The summed E-state index contributed by atoms with van der Waals surface area (Å²) < 4.78 is 27.2. The smallest absolute Gasteiger partial charge is 0.197 e. The van der Waals surface area contributed by atoms with Crippen LogP contribution in [0.3, 0.4) is 0 Å². The van der Waals surface area contributed by atoms with Crippen LogP contribution in [0.15, 0.2) is 41.3 Å². The Morgan fingerprint density at radius 3 is 2.24 bits per heavy atom. The molecule has 0 aliphatic heterocycles. The number of rotatable bonds is 2. The lowest BCUT2D eigenvalue weighted by Gasteiger charge is -2.58. The number of hydrogen-bond donors (Lipinski definition) is 1. The van der Waals surface area contributed by atoms with Crippen molar-refractivity contribution in [2.24, 2.45) is 29.4 Å². The van der Waals surface area contributed by atoms with Crippen LogP contribution < -0.4 is 5.73 Å². The topological polar surface area (TPSA) is 60.2 Å². The van der Waals surface area contributed by atoms with E-state index in [0.717, 1.165) is 36.5 Å². The first-order valence-corrected chi connectivity index (χ1v) is 11.0. The number of nitrogens with two attached hydrogens (primary N) is 1. The zero-order chi connectivity index (χ0) is 17.4. The molecule has 0 saturated heterocycles. The molecule has 4 aliphatic rings. The number of halogens is 1. The highest BCUT2D eigenvalue weighted by atomic mass is 35.5. The molecule has 4 aliphatic carbocycles. The summed E-state index contributed by atoms with van der Waals surface area (Å²) in [6.07, 6.45) is 5.17. The molecule has 4 bridgehead atoms. The Bertz CT molecular complexity index is 941. The van der Waals surface area contributed by atoms with Gasteiger partial charge in [0.25, 0.3) is 0 Å². The predicted octanol–water partition coefficient (Wildman–Crippen LogP) is 4.38. The summed E-state index contributed by atoms with van der Waals surface area (Å²) >= 11 is 6.22. The van der Waals surface area contributed by atoms with E-state index in [1.54, 1.807) is 12.1 Å². The van der Waals surface area contributed by atoms with Gasteiger partial charge in [-0.15, -0.1) is 0 Å². The average molecular weight is 376 g/mol. The third-order valence-electron chi connectivity index (χ3n) is 6.99. The van der Waals surface area contributed by atoms with Gasteiger partial charge < -0.3 is 5.73 Å². The normalized spacial score (nSPS) is 36.9. The molecule has 0 atom stereocenters. The molecule has 0 amide bonds.